The molecule has 8 N–H and O–H groups in total. The number of hydrogen-bond donors (Lipinski definition) is 8. The van der Waals surface area contributed by atoms with Crippen LogP contribution < -0.4 is 42.5 Å². The zero-order valence-electron chi connectivity index (χ0n) is 54.6. The van der Waals surface area contributed by atoms with Gasteiger partial charge in [0.1, 0.15) is 24.9 Å². The van der Waals surface area contributed by atoms with Gasteiger partial charge in [0.25, 0.3) is 11.8 Å². The fraction of sp³-hybridized carbons (Fsp3) is 0.615. The zero-order valence-corrected chi connectivity index (χ0v) is 54.6. The molecule has 2 aliphatic heterocycles. The highest BCUT2D eigenvalue weighted by Gasteiger charge is 2.44. The molecule has 0 aromatic heterocycles. The van der Waals surface area contributed by atoms with Gasteiger partial charge >= 0.3 is 0 Å². The van der Waals surface area contributed by atoms with E-state index in [0.29, 0.717) is 56.2 Å². The number of unbranched alkanes of at least 4 members (excludes halogenated alkanes) is 2. The lowest BCUT2D eigenvalue weighted by molar-refractivity contribution is -0.148. The van der Waals surface area contributed by atoms with Crippen LogP contribution in [-0.2, 0) is 73.4 Å². The fourth-order valence-corrected chi connectivity index (χ4v) is 11.4. The van der Waals surface area contributed by atoms with E-state index in [1.165, 1.54) is 26.4 Å². The number of likely N-dealkylation sites (tertiary alicyclic amines) is 1. The van der Waals surface area contributed by atoms with E-state index < -0.39 is 110 Å². The number of nitrogens with zero attached hydrogens (tertiary/aromatic N) is 3. The molecule has 1 saturated heterocycles. The van der Waals surface area contributed by atoms with Crippen molar-refractivity contribution in [3.63, 3.8) is 0 Å². The van der Waals surface area contributed by atoms with Gasteiger partial charge < -0.3 is 66.5 Å². The molecule has 0 saturated carbocycles. The first-order chi connectivity index (χ1) is 42.9. The summed E-state index contributed by atoms with van der Waals surface area (Å²) in [5.74, 6) is -6.02. The standard InChI is InChI=1S/C65H99N11O14/c1-13-42(6)59(74(10)65(87)58(41(4)5)73-64(86)57(66-9)40(2)3)49(88-11)35-56(83)75-33-23-28-48(75)60(89-12)43(7)62(84)71-44(8)61(46-26-19-15-20-27-46)90-39-70-52(79)37-69-63(85)47(34-45-24-17-14-18-25-45)72-53(80)38-68-51(78)36-67-50(77)29-21-16-22-32-76-54(81)30-31-55(76)82/h14-15,17-20,24-27,30-31,40-44,47-49,57-61,66H,13,16,21-23,28-29,32-39H2,1-12H3,(H,67,77)(H,68,78)(H,69,85)(H,70,79)(H,71,84)(H,72,80)(H,73,86)/t42-,43?,44+,47-,48-,49+,57-,58-,59-,60+,61+/m0/s1. The molecule has 25 nitrogen and oxygen atoms in total. The first kappa shape index (κ1) is 74.9. The molecular weight excluding hydrogens is 1160 g/mol. The highest BCUT2D eigenvalue weighted by atomic mass is 16.5. The number of ether oxygens (including phenoxy) is 3. The van der Waals surface area contributed by atoms with Crippen molar-refractivity contribution in [2.24, 2.45) is 23.7 Å². The first-order valence-electron chi connectivity index (χ1n) is 31.4. The fourth-order valence-electron chi connectivity index (χ4n) is 11.4. The van der Waals surface area contributed by atoms with E-state index in [1.807, 2.05) is 71.9 Å². The number of amides is 11. The molecule has 25 heteroatoms. The van der Waals surface area contributed by atoms with Crippen LogP contribution in [0.4, 0.5) is 0 Å². The molecule has 11 atom stereocenters. The van der Waals surface area contributed by atoms with Crippen LogP contribution in [0.1, 0.15) is 124 Å². The minimum atomic E-state index is -1.16. The molecule has 11 amide bonds. The Bertz CT molecular complexity index is 2720. The van der Waals surface area contributed by atoms with Crippen LogP contribution in [0.15, 0.2) is 72.8 Å². The van der Waals surface area contributed by atoms with Crippen molar-refractivity contribution in [2.45, 2.75) is 168 Å². The van der Waals surface area contributed by atoms with Crippen LogP contribution in [0.5, 0.6) is 0 Å². The molecular formula is C65H99N11O14. The third-order valence-electron chi connectivity index (χ3n) is 16.7. The lowest BCUT2D eigenvalue weighted by Crippen LogP contribution is -2.59. The summed E-state index contributed by atoms with van der Waals surface area (Å²) < 4.78 is 18.4. The lowest BCUT2D eigenvalue weighted by atomic mass is 9.89. The highest BCUT2D eigenvalue weighted by molar-refractivity contribution is 6.12. The maximum atomic E-state index is 14.5. The van der Waals surface area contributed by atoms with Gasteiger partial charge in [-0.1, -0.05) is 122 Å². The van der Waals surface area contributed by atoms with Crippen LogP contribution in [0.3, 0.4) is 0 Å². The summed E-state index contributed by atoms with van der Waals surface area (Å²) in [6, 6.07) is 13.8. The Labute approximate surface area is 530 Å². The maximum absolute atomic E-state index is 14.5. The van der Waals surface area contributed by atoms with Gasteiger partial charge in [0.05, 0.1) is 68.3 Å². The molecule has 1 fully saturated rings. The largest absolute Gasteiger partial charge is 0.379 e. The average molecular weight is 1260 g/mol. The van der Waals surface area contributed by atoms with Gasteiger partial charge in [0, 0.05) is 59.4 Å². The second-order valence-corrected chi connectivity index (χ2v) is 23.9. The van der Waals surface area contributed by atoms with E-state index in [4.69, 9.17) is 14.2 Å². The number of likely N-dealkylation sites (N-methyl/N-ethyl adjacent to an activating group) is 2. The topological polar surface area (TPSA) is 321 Å². The predicted octanol–water partition coefficient (Wildman–Crippen LogP) is 2.19. The molecule has 2 aromatic rings. The van der Waals surface area contributed by atoms with Crippen molar-refractivity contribution in [3.05, 3.63) is 83.9 Å². The molecule has 0 bridgehead atoms. The van der Waals surface area contributed by atoms with Gasteiger partial charge in [-0.05, 0) is 68.5 Å². The first-order valence-corrected chi connectivity index (χ1v) is 31.4. The number of nitrogens with one attached hydrogen (secondary N) is 8. The number of carbonyl (C=O) groups excluding carboxylic acids is 11. The van der Waals surface area contributed by atoms with Crippen LogP contribution in [0.25, 0.3) is 0 Å². The molecule has 2 aliphatic rings. The summed E-state index contributed by atoms with van der Waals surface area (Å²) in [6.07, 6.45) is 3.81. The maximum Gasteiger partial charge on any atom is 0.253 e. The lowest BCUT2D eigenvalue weighted by Gasteiger charge is -2.41. The van der Waals surface area contributed by atoms with Crippen molar-refractivity contribution in [3.8, 4) is 0 Å². The third kappa shape index (κ3) is 23.0. The Balaban J connectivity index is 1.32. The molecule has 4 rings (SSSR count). The van der Waals surface area contributed by atoms with E-state index in [9.17, 15) is 52.7 Å². The van der Waals surface area contributed by atoms with Crippen LogP contribution >= 0.6 is 0 Å². The SMILES string of the molecule is CC[C@H](C)[C@@H]([C@@H](CC(=O)N1CCC[C@H]1[C@H](OC)C(C)C(=O)N[C@H](C)[C@@H](OCNC(=O)CNC(=O)[C@H](Cc1ccccc1)NC(=O)CNC(=O)CNC(=O)CCCCCN1C(=O)C=CC1=O)c1ccccc1)OC)N(C)C(=O)[C@@H](NC(=O)[C@@H](NC)C(C)C)C(C)C. The van der Waals surface area contributed by atoms with Crippen LogP contribution in [-0.4, -0.2) is 196 Å². The summed E-state index contributed by atoms with van der Waals surface area (Å²) in [5, 5.41) is 21.8. The molecule has 90 heavy (non-hydrogen) atoms. The second kappa shape index (κ2) is 38.2. The smallest absolute Gasteiger partial charge is 0.253 e. The quantitative estimate of drug-likeness (QED) is 0.0270. The molecule has 2 aromatic carbocycles. The molecule has 0 radical (unpaired) electrons. The van der Waals surface area contributed by atoms with Gasteiger partial charge in [-0.3, -0.25) is 57.6 Å². The van der Waals surface area contributed by atoms with E-state index in [-0.39, 0.29) is 85.7 Å². The highest BCUT2D eigenvalue weighted by Crippen LogP contribution is 2.31. The summed E-state index contributed by atoms with van der Waals surface area (Å²) >= 11 is 0. The van der Waals surface area contributed by atoms with Gasteiger partial charge in [-0.25, -0.2) is 0 Å². The van der Waals surface area contributed by atoms with Crippen LogP contribution in [0, 0.1) is 23.7 Å². The van der Waals surface area contributed by atoms with Crippen molar-refractivity contribution in [2.75, 3.05) is 67.8 Å². The summed E-state index contributed by atoms with van der Waals surface area (Å²) in [5.41, 5.74) is 1.40. The van der Waals surface area contributed by atoms with Gasteiger partial charge in [0.15, 0.2) is 0 Å². The predicted molar refractivity (Wildman–Crippen MR) is 337 cm³/mol. The Morgan fingerprint density at radius 2 is 1.27 bits per heavy atom. The van der Waals surface area contributed by atoms with Crippen molar-refractivity contribution >= 4 is 65.0 Å². The molecule has 498 valence electrons. The van der Waals surface area contributed by atoms with E-state index in [2.05, 4.69) is 42.5 Å². The third-order valence-corrected chi connectivity index (χ3v) is 16.7. The summed E-state index contributed by atoms with van der Waals surface area (Å²) in [4.78, 5) is 149. The van der Waals surface area contributed by atoms with E-state index in [0.717, 1.165) is 4.90 Å². The van der Waals surface area contributed by atoms with Crippen molar-refractivity contribution in [1.29, 1.82) is 0 Å². The average Bonchev–Trinajstić information content (AvgIpc) is 1.72. The number of benzene rings is 2. The van der Waals surface area contributed by atoms with Gasteiger partial charge in [-0.15, -0.1) is 0 Å². The monoisotopic (exact) mass is 1260 g/mol. The minimum absolute atomic E-state index is 0.0155. The molecule has 0 spiro atoms. The molecule has 0 aliphatic carbocycles. The summed E-state index contributed by atoms with van der Waals surface area (Å²) in [7, 11) is 6.44. The Kier molecular flexibility index (Phi) is 31.7. The molecule has 1 unspecified atom stereocenters. The van der Waals surface area contributed by atoms with Crippen molar-refractivity contribution < 1.29 is 67.0 Å². The number of rotatable bonds is 39. The number of imide groups is 1. The van der Waals surface area contributed by atoms with Crippen molar-refractivity contribution in [1.82, 2.24) is 57.2 Å². The van der Waals surface area contributed by atoms with Crippen LogP contribution in [0.2, 0.25) is 0 Å². The van der Waals surface area contributed by atoms with E-state index in [1.54, 1.807) is 68.1 Å². The normalized spacial score (nSPS) is 17.2. The zero-order chi connectivity index (χ0) is 66.6. The number of carbonyl (C=O) groups is 11. The van der Waals surface area contributed by atoms with Gasteiger partial charge in [-0.2, -0.15) is 0 Å². The Hall–Kier alpha value is -7.61. The van der Waals surface area contributed by atoms with Gasteiger partial charge in [0.2, 0.25) is 53.2 Å². The number of methoxy groups -OCH3 is 2. The van der Waals surface area contributed by atoms with E-state index >= 15 is 0 Å². The minimum Gasteiger partial charge on any atom is -0.379 e. The Morgan fingerprint density at radius 3 is 1.87 bits per heavy atom. The Morgan fingerprint density at radius 1 is 0.667 bits per heavy atom. The second-order valence-electron chi connectivity index (χ2n) is 23.9. The number of hydrogen-bond acceptors (Lipinski definition) is 15. The molecule has 2 heterocycles. The summed E-state index contributed by atoms with van der Waals surface area (Å²) in [6.45, 7) is 14.1.